The molecular weight excluding hydrogens is 304 g/mol. The van der Waals surface area contributed by atoms with Crippen LogP contribution in [0.1, 0.15) is 56.2 Å². The van der Waals surface area contributed by atoms with Crippen molar-refractivity contribution in [2.45, 2.75) is 57.8 Å². The molecule has 2 bridgehead atoms. The quantitative estimate of drug-likeness (QED) is 0.662. The maximum absolute atomic E-state index is 12.6. The van der Waals surface area contributed by atoms with Gasteiger partial charge >= 0.3 is 0 Å². The lowest BCUT2D eigenvalue weighted by Crippen LogP contribution is -2.39. The van der Waals surface area contributed by atoms with Crippen molar-refractivity contribution in [3.05, 3.63) is 58.7 Å². The van der Waals surface area contributed by atoms with Gasteiger partial charge in [-0.3, -0.25) is 4.79 Å². The van der Waals surface area contributed by atoms with Crippen molar-refractivity contribution >= 4 is 16.6 Å². The van der Waals surface area contributed by atoms with Gasteiger partial charge in [-0.2, -0.15) is 0 Å². The minimum Gasteiger partial charge on any atom is -0.299 e. The fraction of sp³-hybridized carbons (Fsp3) is 0.458. The van der Waals surface area contributed by atoms with Crippen LogP contribution in [0.5, 0.6) is 0 Å². The number of hydrogen-bond acceptors (Lipinski definition) is 1. The van der Waals surface area contributed by atoms with Crippen LogP contribution in [0.3, 0.4) is 0 Å². The third-order valence-corrected chi connectivity index (χ3v) is 6.78. The summed E-state index contributed by atoms with van der Waals surface area (Å²) in [5, 5.41) is 2.73. The first-order valence-electron chi connectivity index (χ1n) is 9.80. The summed E-state index contributed by atoms with van der Waals surface area (Å²) < 4.78 is 0. The average molecular weight is 330 g/mol. The Morgan fingerprint density at radius 2 is 2.08 bits per heavy atom. The Kier molecular flexibility index (Phi) is 3.26. The minimum absolute atomic E-state index is 0.105. The molecule has 0 aliphatic heterocycles. The van der Waals surface area contributed by atoms with E-state index in [9.17, 15) is 4.79 Å². The summed E-state index contributed by atoms with van der Waals surface area (Å²) in [5.41, 5.74) is 5.97. The van der Waals surface area contributed by atoms with Crippen molar-refractivity contribution in [2.75, 3.05) is 0 Å². The van der Waals surface area contributed by atoms with Gasteiger partial charge in [-0.05, 0) is 71.0 Å². The second-order valence-corrected chi connectivity index (χ2v) is 8.97. The SMILES string of the molecule is CC(C)Cc1cccc2cc3c(cc12)C1(CC(=O)C3)CC2=CCC1C2. The lowest BCUT2D eigenvalue weighted by molar-refractivity contribution is -0.120. The van der Waals surface area contributed by atoms with Crippen LogP contribution >= 0.6 is 0 Å². The number of rotatable bonds is 2. The van der Waals surface area contributed by atoms with Crippen LogP contribution in [0.25, 0.3) is 10.8 Å². The molecule has 0 N–H and O–H groups in total. The van der Waals surface area contributed by atoms with Crippen molar-refractivity contribution in [1.29, 1.82) is 0 Å². The number of benzene rings is 2. The number of allylic oxidation sites excluding steroid dienone is 2. The zero-order valence-electron chi connectivity index (χ0n) is 15.3. The molecule has 1 fully saturated rings. The van der Waals surface area contributed by atoms with Gasteiger partial charge in [-0.1, -0.05) is 49.8 Å². The molecule has 2 atom stereocenters. The summed E-state index contributed by atoms with van der Waals surface area (Å²) in [6.45, 7) is 4.58. The van der Waals surface area contributed by atoms with E-state index in [0.29, 0.717) is 24.0 Å². The van der Waals surface area contributed by atoms with Gasteiger partial charge < -0.3 is 0 Å². The van der Waals surface area contributed by atoms with E-state index in [0.717, 1.165) is 19.3 Å². The van der Waals surface area contributed by atoms with Gasteiger partial charge in [0.05, 0.1) is 0 Å². The minimum atomic E-state index is 0.105. The summed E-state index contributed by atoms with van der Waals surface area (Å²) in [4.78, 5) is 12.6. The molecule has 0 saturated heterocycles. The Morgan fingerprint density at radius 1 is 1.20 bits per heavy atom. The maximum Gasteiger partial charge on any atom is 0.138 e. The fourth-order valence-corrected chi connectivity index (χ4v) is 5.82. The van der Waals surface area contributed by atoms with Crippen molar-refractivity contribution < 1.29 is 4.79 Å². The summed E-state index contributed by atoms with van der Waals surface area (Å²) >= 11 is 0. The molecule has 5 rings (SSSR count). The van der Waals surface area contributed by atoms with Gasteiger partial charge in [-0.15, -0.1) is 0 Å². The molecule has 25 heavy (non-hydrogen) atoms. The molecular formula is C24H26O. The molecule has 1 nitrogen and oxygen atoms in total. The first-order chi connectivity index (χ1) is 12.0. The first kappa shape index (κ1) is 15.4. The van der Waals surface area contributed by atoms with Gasteiger partial charge in [0.1, 0.15) is 5.78 Å². The average Bonchev–Trinajstić information content (AvgIpc) is 3.14. The van der Waals surface area contributed by atoms with E-state index in [1.165, 1.54) is 40.3 Å². The lowest BCUT2D eigenvalue weighted by Gasteiger charge is -2.41. The number of ketones is 1. The topological polar surface area (TPSA) is 17.1 Å². The second kappa shape index (κ2) is 5.30. The molecule has 1 heteroatoms. The third kappa shape index (κ3) is 2.25. The van der Waals surface area contributed by atoms with Crippen LogP contribution < -0.4 is 0 Å². The number of carbonyl (C=O) groups is 1. The summed E-state index contributed by atoms with van der Waals surface area (Å²) in [6.07, 6.45) is 8.46. The van der Waals surface area contributed by atoms with Crippen molar-refractivity contribution in [3.8, 4) is 0 Å². The molecule has 0 aromatic heterocycles. The standard InChI is InChI=1S/C24H26O/c1-15(2)8-17-4-3-5-18-10-19-11-21(25)14-24(23(19)12-22(17)18)13-16-6-7-20(24)9-16/h3-6,10,12,15,20H,7-9,11,13-14H2,1-2H3. The second-order valence-electron chi connectivity index (χ2n) is 8.97. The first-order valence-corrected chi connectivity index (χ1v) is 9.80. The van der Waals surface area contributed by atoms with Crippen LogP contribution in [0, 0.1) is 11.8 Å². The van der Waals surface area contributed by atoms with Gasteiger partial charge in [0, 0.05) is 18.3 Å². The van der Waals surface area contributed by atoms with E-state index in [1.54, 1.807) is 5.57 Å². The van der Waals surface area contributed by atoms with E-state index in [1.807, 2.05) is 0 Å². The van der Waals surface area contributed by atoms with E-state index >= 15 is 0 Å². The highest BCUT2D eigenvalue weighted by atomic mass is 16.1. The Morgan fingerprint density at radius 3 is 2.80 bits per heavy atom. The number of Topliss-reactive ketones (excluding diaryl/α,β-unsaturated/α-hetero) is 1. The molecule has 0 amide bonds. The summed E-state index contributed by atoms with van der Waals surface area (Å²) in [5.74, 6) is 1.75. The Hall–Kier alpha value is -1.89. The van der Waals surface area contributed by atoms with Crippen LogP contribution in [0.4, 0.5) is 0 Å². The Bertz CT molecular complexity index is 917. The van der Waals surface area contributed by atoms with Crippen molar-refractivity contribution in [1.82, 2.24) is 0 Å². The van der Waals surface area contributed by atoms with Gasteiger partial charge in [0.25, 0.3) is 0 Å². The highest BCUT2D eigenvalue weighted by molar-refractivity contribution is 5.92. The van der Waals surface area contributed by atoms with Crippen LogP contribution in [0.15, 0.2) is 42.0 Å². The van der Waals surface area contributed by atoms with Crippen molar-refractivity contribution in [3.63, 3.8) is 0 Å². The van der Waals surface area contributed by atoms with Gasteiger partial charge in [0.15, 0.2) is 0 Å². The molecule has 1 saturated carbocycles. The highest BCUT2D eigenvalue weighted by Gasteiger charge is 2.51. The molecule has 0 radical (unpaired) electrons. The van der Waals surface area contributed by atoms with Crippen LogP contribution in [-0.2, 0) is 23.1 Å². The predicted octanol–water partition coefficient (Wildman–Crippen LogP) is 5.53. The normalized spacial score (nSPS) is 27.4. The maximum atomic E-state index is 12.6. The molecule has 2 unspecified atom stereocenters. The smallest absolute Gasteiger partial charge is 0.138 e. The Balaban J connectivity index is 1.73. The van der Waals surface area contributed by atoms with Gasteiger partial charge in [0.2, 0.25) is 0 Å². The summed E-state index contributed by atoms with van der Waals surface area (Å²) in [6, 6.07) is 11.5. The number of fused-ring (bicyclic) bond motifs is 6. The van der Waals surface area contributed by atoms with E-state index in [4.69, 9.17) is 0 Å². The molecule has 0 heterocycles. The van der Waals surface area contributed by atoms with E-state index < -0.39 is 0 Å². The monoisotopic (exact) mass is 330 g/mol. The largest absolute Gasteiger partial charge is 0.299 e. The zero-order chi connectivity index (χ0) is 17.2. The third-order valence-electron chi connectivity index (χ3n) is 6.78. The highest BCUT2D eigenvalue weighted by Crippen LogP contribution is 2.58. The lowest BCUT2D eigenvalue weighted by atomic mass is 9.62. The molecule has 128 valence electrons. The predicted molar refractivity (Wildman–Crippen MR) is 103 cm³/mol. The molecule has 3 aliphatic rings. The summed E-state index contributed by atoms with van der Waals surface area (Å²) in [7, 11) is 0. The van der Waals surface area contributed by atoms with Gasteiger partial charge in [-0.25, -0.2) is 0 Å². The molecule has 3 aliphatic carbocycles. The molecule has 1 spiro atoms. The Labute approximate surface area is 150 Å². The van der Waals surface area contributed by atoms with Crippen LogP contribution in [0.2, 0.25) is 0 Å². The van der Waals surface area contributed by atoms with Crippen LogP contribution in [-0.4, -0.2) is 5.78 Å². The number of hydrogen-bond donors (Lipinski definition) is 0. The fourth-order valence-electron chi connectivity index (χ4n) is 5.82. The van der Waals surface area contributed by atoms with E-state index in [2.05, 4.69) is 50.3 Å². The molecule has 2 aromatic rings. The zero-order valence-corrected chi connectivity index (χ0v) is 15.3. The number of carbonyl (C=O) groups excluding carboxylic acids is 1. The van der Waals surface area contributed by atoms with Crippen molar-refractivity contribution in [2.24, 2.45) is 11.8 Å². The molecule has 2 aromatic carbocycles. The van der Waals surface area contributed by atoms with E-state index in [-0.39, 0.29) is 5.41 Å².